The van der Waals surface area contributed by atoms with Crippen molar-refractivity contribution >= 4 is 23.2 Å². The molecule has 0 aliphatic carbocycles. The molecule has 2 rings (SSSR count). The van der Waals surface area contributed by atoms with E-state index >= 15 is 0 Å². The van der Waals surface area contributed by atoms with Gasteiger partial charge in [-0.05, 0) is 36.8 Å². The SMILES string of the molecule is C[C@H](NCc1c(Cl)cccc1Cl)c1ccc(F)cc1. The summed E-state index contributed by atoms with van der Waals surface area (Å²) < 4.78 is 12.9. The maximum absolute atomic E-state index is 12.9. The Morgan fingerprint density at radius 1 is 1.05 bits per heavy atom. The van der Waals surface area contributed by atoms with Crippen LogP contribution >= 0.6 is 23.2 Å². The molecule has 0 spiro atoms. The monoisotopic (exact) mass is 297 g/mol. The Bertz CT molecular complexity index is 534. The number of hydrogen-bond acceptors (Lipinski definition) is 1. The van der Waals surface area contributed by atoms with E-state index in [-0.39, 0.29) is 11.9 Å². The zero-order valence-corrected chi connectivity index (χ0v) is 12.0. The van der Waals surface area contributed by atoms with Crippen molar-refractivity contribution in [3.63, 3.8) is 0 Å². The Labute approximate surface area is 122 Å². The molecule has 0 aliphatic heterocycles. The molecule has 2 aromatic rings. The molecule has 0 unspecified atom stereocenters. The van der Waals surface area contributed by atoms with Gasteiger partial charge in [-0.15, -0.1) is 0 Å². The highest BCUT2D eigenvalue weighted by Gasteiger charge is 2.09. The summed E-state index contributed by atoms with van der Waals surface area (Å²) >= 11 is 12.2. The van der Waals surface area contributed by atoms with Gasteiger partial charge in [0.25, 0.3) is 0 Å². The van der Waals surface area contributed by atoms with Gasteiger partial charge in [0, 0.05) is 28.2 Å². The zero-order valence-electron chi connectivity index (χ0n) is 10.5. The van der Waals surface area contributed by atoms with Crippen LogP contribution in [0.4, 0.5) is 4.39 Å². The summed E-state index contributed by atoms with van der Waals surface area (Å²) in [6, 6.07) is 12.0. The largest absolute Gasteiger partial charge is 0.306 e. The first kappa shape index (κ1) is 14.3. The first-order valence-electron chi connectivity index (χ1n) is 5.99. The molecule has 0 radical (unpaired) electrons. The molecular weight excluding hydrogens is 284 g/mol. The molecule has 0 saturated heterocycles. The van der Waals surface area contributed by atoms with Crippen molar-refractivity contribution in [2.24, 2.45) is 0 Å². The van der Waals surface area contributed by atoms with E-state index in [1.54, 1.807) is 12.1 Å². The molecular formula is C15H14Cl2FN. The van der Waals surface area contributed by atoms with Gasteiger partial charge in [-0.1, -0.05) is 41.4 Å². The molecule has 19 heavy (non-hydrogen) atoms. The summed E-state index contributed by atoms with van der Waals surface area (Å²) in [5, 5.41) is 4.61. The van der Waals surface area contributed by atoms with Crippen molar-refractivity contribution in [1.82, 2.24) is 5.32 Å². The van der Waals surface area contributed by atoms with E-state index in [0.29, 0.717) is 16.6 Å². The smallest absolute Gasteiger partial charge is 0.123 e. The second-order valence-electron chi connectivity index (χ2n) is 4.35. The normalized spacial score (nSPS) is 12.4. The molecule has 0 aromatic heterocycles. The zero-order chi connectivity index (χ0) is 13.8. The summed E-state index contributed by atoms with van der Waals surface area (Å²) in [4.78, 5) is 0. The van der Waals surface area contributed by atoms with Crippen molar-refractivity contribution in [2.75, 3.05) is 0 Å². The lowest BCUT2D eigenvalue weighted by Gasteiger charge is -2.15. The molecule has 4 heteroatoms. The first-order valence-corrected chi connectivity index (χ1v) is 6.75. The highest BCUT2D eigenvalue weighted by Crippen LogP contribution is 2.25. The summed E-state index contributed by atoms with van der Waals surface area (Å²) in [6.07, 6.45) is 0. The second kappa shape index (κ2) is 6.38. The molecule has 0 heterocycles. The van der Waals surface area contributed by atoms with Gasteiger partial charge in [-0.3, -0.25) is 0 Å². The molecule has 1 N–H and O–H groups in total. The van der Waals surface area contributed by atoms with Crippen LogP contribution in [-0.4, -0.2) is 0 Å². The van der Waals surface area contributed by atoms with Gasteiger partial charge in [0.1, 0.15) is 5.82 Å². The maximum Gasteiger partial charge on any atom is 0.123 e. The Kier molecular flexibility index (Phi) is 4.81. The molecule has 0 bridgehead atoms. The molecule has 0 saturated carbocycles. The minimum Gasteiger partial charge on any atom is -0.306 e. The van der Waals surface area contributed by atoms with Crippen LogP contribution in [0.3, 0.4) is 0 Å². The quantitative estimate of drug-likeness (QED) is 0.839. The summed E-state index contributed by atoms with van der Waals surface area (Å²) in [7, 11) is 0. The highest BCUT2D eigenvalue weighted by atomic mass is 35.5. The van der Waals surface area contributed by atoms with E-state index in [2.05, 4.69) is 5.32 Å². The van der Waals surface area contributed by atoms with Gasteiger partial charge in [0.05, 0.1) is 0 Å². The summed E-state index contributed by atoms with van der Waals surface area (Å²) in [5.41, 5.74) is 1.89. The Morgan fingerprint density at radius 3 is 2.21 bits per heavy atom. The molecule has 2 aromatic carbocycles. The molecule has 0 fully saturated rings. The van der Waals surface area contributed by atoms with Crippen molar-refractivity contribution in [1.29, 1.82) is 0 Å². The predicted molar refractivity (Wildman–Crippen MR) is 78.1 cm³/mol. The number of hydrogen-bond donors (Lipinski definition) is 1. The molecule has 1 nitrogen and oxygen atoms in total. The third-order valence-corrected chi connectivity index (χ3v) is 3.72. The molecule has 100 valence electrons. The lowest BCUT2D eigenvalue weighted by atomic mass is 10.1. The Morgan fingerprint density at radius 2 is 1.63 bits per heavy atom. The van der Waals surface area contributed by atoms with Crippen LogP contribution in [0.5, 0.6) is 0 Å². The van der Waals surface area contributed by atoms with Gasteiger partial charge in [-0.25, -0.2) is 4.39 Å². The predicted octanol–water partition coefficient (Wildman–Crippen LogP) is 4.98. The van der Waals surface area contributed by atoms with Crippen LogP contribution in [0.25, 0.3) is 0 Å². The van der Waals surface area contributed by atoms with E-state index < -0.39 is 0 Å². The van der Waals surface area contributed by atoms with Crippen LogP contribution in [0.1, 0.15) is 24.1 Å². The number of benzene rings is 2. The lowest BCUT2D eigenvalue weighted by molar-refractivity contribution is 0.571. The topological polar surface area (TPSA) is 12.0 Å². The van der Waals surface area contributed by atoms with Crippen LogP contribution in [0.2, 0.25) is 10.0 Å². The Balaban J connectivity index is 2.04. The summed E-state index contributed by atoms with van der Waals surface area (Å²) in [5.74, 6) is -0.231. The van der Waals surface area contributed by atoms with Crippen molar-refractivity contribution < 1.29 is 4.39 Å². The Hall–Kier alpha value is -1.09. The number of halogens is 3. The van der Waals surface area contributed by atoms with Crippen molar-refractivity contribution in [3.05, 3.63) is 69.5 Å². The van der Waals surface area contributed by atoms with E-state index in [9.17, 15) is 4.39 Å². The lowest BCUT2D eigenvalue weighted by Crippen LogP contribution is -2.18. The van der Waals surface area contributed by atoms with E-state index in [0.717, 1.165) is 11.1 Å². The molecule has 0 aliphatic rings. The fourth-order valence-corrected chi connectivity index (χ4v) is 2.36. The van der Waals surface area contributed by atoms with Crippen molar-refractivity contribution in [3.8, 4) is 0 Å². The van der Waals surface area contributed by atoms with Crippen LogP contribution in [-0.2, 0) is 6.54 Å². The van der Waals surface area contributed by atoms with Gasteiger partial charge >= 0.3 is 0 Å². The van der Waals surface area contributed by atoms with Crippen molar-refractivity contribution in [2.45, 2.75) is 19.5 Å². The van der Waals surface area contributed by atoms with E-state index in [1.807, 2.05) is 25.1 Å². The van der Waals surface area contributed by atoms with E-state index in [1.165, 1.54) is 12.1 Å². The average Bonchev–Trinajstić information content (AvgIpc) is 2.38. The van der Waals surface area contributed by atoms with Gasteiger partial charge < -0.3 is 5.32 Å². The van der Waals surface area contributed by atoms with E-state index in [4.69, 9.17) is 23.2 Å². The van der Waals surface area contributed by atoms with Gasteiger partial charge in [0.15, 0.2) is 0 Å². The number of nitrogens with one attached hydrogen (secondary N) is 1. The number of rotatable bonds is 4. The van der Waals surface area contributed by atoms with Crippen LogP contribution in [0, 0.1) is 5.82 Å². The second-order valence-corrected chi connectivity index (χ2v) is 5.17. The fourth-order valence-electron chi connectivity index (χ4n) is 1.83. The third kappa shape index (κ3) is 3.69. The highest BCUT2D eigenvalue weighted by molar-refractivity contribution is 6.35. The third-order valence-electron chi connectivity index (χ3n) is 3.02. The minimum absolute atomic E-state index is 0.0907. The summed E-state index contributed by atoms with van der Waals surface area (Å²) in [6.45, 7) is 2.58. The van der Waals surface area contributed by atoms with Gasteiger partial charge in [0.2, 0.25) is 0 Å². The minimum atomic E-state index is -0.231. The average molecular weight is 298 g/mol. The van der Waals surface area contributed by atoms with Crippen LogP contribution in [0.15, 0.2) is 42.5 Å². The maximum atomic E-state index is 12.9. The molecule has 1 atom stereocenters. The fraction of sp³-hybridized carbons (Fsp3) is 0.200. The van der Waals surface area contributed by atoms with Gasteiger partial charge in [-0.2, -0.15) is 0 Å². The standard InChI is InChI=1S/C15H14Cl2FN/c1-10(11-5-7-12(18)8-6-11)19-9-13-14(16)3-2-4-15(13)17/h2-8,10,19H,9H2,1H3/t10-/m0/s1. The van der Waals surface area contributed by atoms with Crippen LogP contribution < -0.4 is 5.32 Å². The first-order chi connectivity index (χ1) is 9.08. The molecule has 0 amide bonds.